The normalized spacial score (nSPS) is 33.8. The van der Waals surface area contributed by atoms with Crippen molar-refractivity contribution in [3.63, 3.8) is 0 Å². The SMILES string of the molecule is CC1(C)CC(CCC2CCCO2)=CC(O)C1. The average molecular weight is 224 g/mol. The second-order valence-corrected chi connectivity index (χ2v) is 6.11. The molecule has 0 saturated carbocycles. The van der Waals surface area contributed by atoms with Crippen LogP contribution < -0.4 is 0 Å². The second kappa shape index (κ2) is 4.89. The molecule has 0 aromatic rings. The van der Waals surface area contributed by atoms with E-state index in [1.807, 2.05) is 0 Å². The summed E-state index contributed by atoms with van der Waals surface area (Å²) in [7, 11) is 0. The van der Waals surface area contributed by atoms with Gasteiger partial charge in [-0.1, -0.05) is 25.5 Å². The van der Waals surface area contributed by atoms with Crippen LogP contribution in [0.2, 0.25) is 0 Å². The zero-order valence-corrected chi connectivity index (χ0v) is 10.5. The van der Waals surface area contributed by atoms with Gasteiger partial charge in [0.05, 0.1) is 12.2 Å². The molecule has 0 amide bonds. The highest BCUT2D eigenvalue weighted by molar-refractivity contribution is 5.13. The third kappa shape index (κ3) is 3.33. The van der Waals surface area contributed by atoms with E-state index in [0.717, 1.165) is 32.3 Å². The van der Waals surface area contributed by atoms with Gasteiger partial charge in [0.2, 0.25) is 0 Å². The summed E-state index contributed by atoms with van der Waals surface area (Å²) < 4.78 is 5.63. The number of aliphatic hydroxyl groups is 1. The zero-order valence-electron chi connectivity index (χ0n) is 10.5. The Labute approximate surface area is 98.7 Å². The maximum absolute atomic E-state index is 9.80. The van der Waals surface area contributed by atoms with Crippen molar-refractivity contribution in [2.75, 3.05) is 6.61 Å². The molecule has 2 nitrogen and oxygen atoms in total. The van der Waals surface area contributed by atoms with Crippen LogP contribution >= 0.6 is 0 Å². The van der Waals surface area contributed by atoms with Gasteiger partial charge in [-0.2, -0.15) is 0 Å². The van der Waals surface area contributed by atoms with Gasteiger partial charge in [-0.15, -0.1) is 0 Å². The molecule has 92 valence electrons. The lowest BCUT2D eigenvalue weighted by molar-refractivity contribution is 0.101. The predicted molar refractivity (Wildman–Crippen MR) is 65.3 cm³/mol. The van der Waals surface area contributed by atoms with Crippen LogP contribution in [-0.2, 0) is 4.74 Å². The molecular formula is C14H24O2. The van der Waals surface area contributed by atoms with Crippen molar-refractivity contribution < 1.29 is 9.84 Å². The highest BCUT2D eigenvalue weighted by Gasteiger charge is 2.27. The first kappa shape index (κ1) is 12.1. The van der Waals surface area contributed by atoms with Crippen molar-refractivity contribution in [2.45, 2.75) is 64.6 Å². The number of aliphatic hydroxyl groups excluding tert-OH is 1. The molecule has 0 aromatic heterocycles. The third-order valence-electron chi connectivity index (χ3n) is 3.71. The Morgan fingerprint density at radius 1 is 1.50 bits per heavy atom. The number of hydrogen-bond donors (Lipinski definition) is 1. The summed E-state index contributed by atoms with van der Waals surface area (Å²) >= 11 is 0. The molecular weight excluding hydrogens is 200 g/mol. The molecule has 1 fully saturated rings. The standard InChI is InChI=1S/C14H24O2/c1-14(2)9-11(8-12(15)10-14)5-6-13-4-3-7-16-13/h8,12-13,15H,3-7,9-10H2,1-2H3. The van der Waals surface area contributed by atoms with Gasteiger partial charge in [-0.3, -0.25) is 0 Å². The van der Waals surface area contributed by atoms with E-state index in [9.17, 15) is 5.11 Å². The van der Waals surface area contributed by atoms with Crippen molar-refractivity contribution in [1.82, 2.24) is 0 Å². The van der Waals surface area contributed by atoms with Gasteiger partial charge in [-0.25, -0.2) is 0 Å². The van der Waals surface area contributed by atoms with Crippen LogP contribution in [0.25, 0.3) is 0 Å². The maximum Gasteiger partial charge on any atom is 0.0728 e. The topological polar surface area (TPSA) is 29.5 Å². The van der Waals surface area contributed by atoms with E-state index in [-0.39, 0.29) is 11.5 Å². The lowest BCUT2D eigenvalue weighted by Crippen LogP contribution is -2.25. The van der Waals surface area contributed by atoms with E-state index < -0.39 is 0 Å². The van der Waals surface area contributed by atoms with E-state index in [2.05, 4.69) is 19.9 Å². The Morgan fingerprint density at radius 2 is 2.31 bits per heavy atom. The fourth-order valence-electron chi connectivity index (χ4n) is 3.03. The van der Waals surface area contributed by atoms with E-state index in [1.54, 1.807) is 0 Å². The van der Waals surface area contributed by atoms with Crippen molar-refractivity contribution in [2.24, 2.45) is 5.41 Å². The third-order valence-corrected chi connectivity index (χ3v) is 3.71. The lowest BCUT2D eigenvalue weighted by atomic mass is 9.75. The molecule has 16 heavy (non-hydrogen) atoms. The van der Waals surface area contributed by atoms with Crippen LogP contribution in [0.15, 0.2) is 11.6 Å². The van der Waals surface area contributed by atoms with Crippen LogP contribution in [0.5, 0.6) is 0 Å². The Morgan fingerprint density at radius 3 is 2.94 bits per heavy atom. The van der Waals surface area contributed by atoms with Crippen molar-refractivity contribution in [1.29, 1.82) is 0 Å². The van der Waals surface area contributed by atoms with Crippen LogP contribution in [0.3, 0.4) is 0 Å². The Balaban J connectivity index is 1.84. The van der Waals surface area contributed by atoms with Gasteiger partial charge < -0.3 is 9.84 Å². The molecule has 2 rings (SSSR count). The minimum atomic E-state index is -0.233. The monoisotopic (exact) mass is 224 g/mol. The molecule has 1 saturated heterocycles. The molecule has 1 aliphatic carbocycles. The summed E-state index contributed by atoms with van der Waals surface area (Å²) in [6, 6.07) is 0. The number of ether oxygens (including phenoxy) is 1. The number of rotatable bonds is 3. The lowest BCUT2D eigenvalue weighted by Gasteiger charge is -2.32. The summed E-state index contributed by atoms with van der Waals surface area (Å²) in [4.78, 5) is 0. The molecule has 1 N–H and O–H groups in total. The van der Waals surface area contributed by atoms with Crippen LogP contribution in [-0.4, -0.2) is 23.9 Å². The van der Waals surface area contributed by atoms with Gasteiger partial charge in [0.15, 0.2) is 0 Å². The highest BCUT2D eigenvalue weighted by Crippen LogP contribution is 2.37. The molecule has 0 bridgehead atoms. The Hall–Kier alpha value is -0.340. The minimum Gasteiger partial charge on any atom is -0.389 e. The average Bonchev–Trinajstić information content (AvgIpc) is 2.63. The van der Waals surface area contributed by atoms with E-state index in [0.29, 0.717) is 6.10 Å². The maximum atomic E-state index is 9.80. The molecule has 2 aliphatic rings. The molecule has 2 atom stereocenters. The number of hydrogen-bond acceptors (Lipinski definition) is 2. The summed E-state index contributed by atoms with van der Waals surface area (Å²) in [5.41, 5.74) is 1.69. The quantitative estimate of drug-likeness (QED) is 0.747. The van der Waals surface area contributed by atoms with Gasteiger partial charge in [0.1, 0.15) is 0 Å². The van der Waals surface area contributed by atoms with Gasteiger partial charge in [0, 0.05) is 6.61 Å². The van der Waals surface area contributed by atoms with E-state index >= 15 is 0 Å². The fourth-order valence-corrected chi connectivity index (χ4v) is 3.03. The van der Waals surface area contributed by atoms with E-state index in [4.69, 9.17) is 4.74 Å². The summed E-state index contributed by atoms with van der Waals surface area (Å²) in [6.07, 6.45) is 9.02. The first-order valence-corrected chi connectivity index (χ1v) is 6.54. The molecule has 0 radical (unpaired) electrons. The molecule has 0 aromatic carbocycles. The van der Waals surface area contributed by atoms with Gasteiger partial charge in [0.25, 0.3) is 0 Å². The van der Waals surface area contributed by atoms with Gasteiger partial charge in [-0.05, 0) is 43.9 Å². The first-order chi connectivity index (χ1) is 7.55. The minimum absolute atomic E-state index is 0.233. The van der Waals surface area contributed by atoms with Crippen molar-refractivity contribution >= 4 is 0 Å². The predicted octanol–water partition coefficient (Wildman–Crippen LogP) is 3.05. The molecule has 1 heterocycles. The van der Waals surface area contributed by atoms with E-state index in [1.165, 1.54) is 18.4 Å². The Bertz CT molecular complexity index is 262. The van der Waals surface area contributed by atoms with Crippen LogP contribution in [0, 0.1) is 5.41 Å². The molecule has 1 aliphatic heterocycles. The summed E-state index contributed by atoms with van der Waals surface area (Å²) in [6.45, 7) is 5.43. The van der Waals surface area contributed by atoms with Crippen LogP contribution in [0.4, 0.5) is 0 Å². The van der Waals surface area contributed by atoms with Crippen LogP contribution in [0.1, 0.15) is 52.4 Å². The van der Waals surface area contributed by atoms with Crippen molar-refractivity contribution in [3.8, 4) is 0 Å². The number of allylic oxidation sites excluding steroid dienone is 1. The fraction of sp³-hybridized carbons (Fsp3) is 0.857. The highest BCUT2D eigenvalue weighted by atomic mass is 16.5. The van der Waals surface area contributed by atoms with Crippen molar-refractivity contribution in [3.05, 3.63) is 11.6 Å². The smallest absolute Gasteiger partial charge is 0.0728 e. The molecule has 2 heteroatoms. The second-order valence-electron chi connectivity index (χ2n) is 6.11. The molecule has 0 spiro atoms. The summed E-state index contributed by atoms with van der Waals surface area (Å²) in [5.74, 6) is 0. The molecule has 2 unspecified atom stereocenters. The first-order valence-electron chi connectivity index (χ1n) is 6.54. The Kier molecular flexibility index (Phi) is 3.70. The summed E-state index contributed by atoms with van der Waals surface area (Å²) in [5, 5.41) is 9.80. The van der Waals surface area contributed by atoms with Gasteiger partial charge >= 0.3 is 0 Å². The zero-order chi connectivity index (χ0) is 11.6. The largest absolute Gasteiger partial charge is 0.389 e.